The average molecular weight is 222 g/mol. The quantitative estimate of drug-likeness (QED) is 0.431. The zero-order valence-corrected chi connectivity index (χ0v) is 9.53. The smallest absolute Gasteiger partial charge is 0.259 e. The van der Waals surface area contributed by atoms with E-state index >= 15 is 0 Å². The van der Waals surface area contributed by atoms with Gasteiger partial charge in [-0.1, -0.05) is 37.6 Å². The van der Waals surface area contributed by atoms with Crippen LogP contribution in [0.2, 0.25) is 0 Å². The van der Waals surface area contributed by atoms with Crippen LogP contribution in [0.1, 0.15) is 24.5 Å². The van der Waals surface area contributed by atoms with Crippen molar-refractivity contribution in [2.24, 2.45) is 5.84 Å². The van der Waals surface area contributed by atoms with Crippen LogP contribution >= 0.6 is 0 Å². The first-order valence-electron chi connectivity index (χ1n) is 5.41. The van der Waals surface area contributed by atoms with Crippen molar-refractivity contribution in [1.29, 1.82) is 0 Å². The molecule has 0 unspecified atom stereocenters. The van der Waals surface area contributed by atoms with Gasteiger partial charge in [-0.15, -0.1) is 0 Å². The zero-order chi connectivity index (χ0) is 11.8. The normalized spacial score (nSPS) is 10.1. The number of hydrogen-bond acceptors (Lipinski definition) is 3. The monoisotopic (exact) mass is 222 g/mol. The molecule has 3 N–H and O–H groups in total. The minimum atomic E-state index is -0.317. The van der Waals surface area contributed by atoms with Gasteiger partial charge in [0.2, 0.25) is 0 Å². The first-order valence-corrected chi connectivity index (χ1v) is 5.41. The van der Waals surface area contributed by atoms with Crippen LogP contribution in [0.3, 0.4) is 0 Å². The number of carbonyl (C=O) groups is 1. The van der Waals surface area contributed by atoms with Gasteiger partial charge in [0.25, 0.3) is 5.91 Å². The van der Waals surface area contributed by atoms with Crippen molar-refractivity contribution in [2.45, 2.75) is 26.4 Å². The lowest BCUT2D eigenvalue weighted by molar-refractivity contribution is -0.126. The largest absolute Gasteiger partial charge is 0.367 e. The topological polar surface area (TPSA) is 64.3 Å². The summed E-state index contributed by atoms with van der Waals surface area (Å²) < 4.78 is 5.18. The van der Waals surface area contributed by atoms with Gasteiger partial charge in [0.05, 0.1) is 6.61 Å². The van der Waals surface area contributed by atoms with E-state index in [1.165, 1.54) is 5.56 Å². The Morgan fingerprint density at radius 2 is 1.94 bits per heavy atom. The molecule has 16 heavy (non-hydrogen) atoms. The van der Waals surface area contributed by atoms with Crippen LogP contribution < -0.4 is 11.3 Å². The van der Waals surface area contributed by atoms with Crippen molar-refractivity contribution in [2.75, 3.05) is 6.61 Å². The Bertz CT molecular complexity index is 322. The third kappa shape index (κ3) is 4.42. The summed E-state index contributed by atoms with van der Waals surface area (Å²) >= 11 is 0. The molecule has 0 aromatic heterocycles. The van der Waals surface area contributed by atoms with Gasteiger partial charge in [-0.05, 0) is 17.5 Å². The Morgan fingerprint density at radius 3 is 2.50 bits per heavy atom. The van der Waals surface area contributed by atoms with Crippen molar-refractivity contribution in [3.05, 3.63) is 35.4 Å². The van der Waals surface area contributed by atoms with Crippen LogP contribution in [-0.2, 0) is 22.6 Å². The number of nitrogens with one attached hydrogen (secondary N) is 1. The number of carbonyl (C=O) groups excluding carboxylic acids is 1. The second-order valence-corrected chi connectivity index (χ2v) is 3.63. The number of hydrazine groups is 1. The second kappa shape index (κ2) is 6.98. The van der Waals surface area contributed by atoms with E-state index < -0.39 is 0 Å². The maximum Gasteiger partial charge on any atom is 0.259 e. The van der Waals surface area contributed by atoms with Crippen LogP contribution in [0, 0.1) is 0 Å². The SMILES string of the molecule is CCCc1ccc(COCC(=O)NN)cc1. The highest BCUT2D eigenvalue weighted by atomic mass is 16.5. The van der Waals surface area contributed by atoms with E-state index in [2.05, 4.69) is 19.1 Å². The van der Waals surface area contributed by atoms with Crippen LogP contribution in [-0.4, -0.2) is 12.5 Å². The lowest BCUT2D eigenvalue weighted by Crippen LogP contribution is -2.33. The van der Waals surface area contributed by atoms with Gasteiger partial charge in [-0.2, -0.15) is 0 Å². The number of ether oxygens (including phenoxy) is 1. The lowest BCUT2D eigenvalue weighted by atomic mass is 10.1. The van der Waals surface area contributed by atoms with E-state index in [0.717, 1.165) is 18.4 Å². The summed E-state index contributed by atoms with van der Waals surface area (Å²) in [5.41, 5.74) is 4.40. The summed E-state index contributed by atoms with van der Waals surface area (Å²) in [5, 5.41) is 0. The third-order valence-electron chi connectivity index (χ3n) is 2.22. The summed E-state index contributed by atoms with van der Waals surface area (Å²) in [6, 6.07) is 8.22. The van der Waals surface area contributed by atoms with Gasteiger partial charge in [0, 0.05) is 0 Å². The zero-order valence-electron chi connectivity index (χ0n) is 9.53. The molecule has 0 heterocycles. The molecular formula is C12H18N2O2. The fourth-order valence-electron chi connectivity index (χ4n) is 1.39. The number of aryl methyl sites for hydroxylation is 1. The molecule has 0 aliphatic rings. The van der Waals surface area contributed by atoms with E-state index in [1.54, 1.807) is 0 Å². The van der Waals surface area contributed by atoms with Crippen molar-refractivity contribution in [1.82, 2.24) is 5.43 Å². The molecule has 0 aliphatic carbocycles. The fourth-order valence-corrected chi connectivity index (χ4v) is 1.39. The molecule has 1 aromatic rings. The molecule has 0 saturated heterocycles. The van der Waals surface area contributed by atoms with E-state index in [-0.39, 0.29) is 12.5 Å². The van der Waals surface area contributed by atoms with Gasteiger partial charge >= 0.3 is 0 Å². The molecule has 0 atom stereocenters. The highest BCUT2D eigenvalue weighted by Gasteiger charge is 1.99. The van der Waals surface area contributed by atoms with Gasteiger partial charge < -0.3 is 4.74 Å². The predicted molar refractivity (Wildman–Crippen MR) is 62.4 cm³/mol. The predicted octanol–water partition coefficient (Wildman–Crippen LogP) is 1.15. The standard InChI is InChI=1S/C12H18N2O2/c1-2-3-10-4-6-11(7-5-10)8-16-9-12(15)14-13/h4-7H,2-3,8-9,13H2,1H3,(H,14,15). The summed E-state index contributed by atoms with van der Waals surface area (Å²) in [4.78, 5) is 10.8. The van der Waals surface area contributed by atoms with Gasteiger partial charge in [0.1, 0.15) is 6.61 Å². The van der Waals surface area contributed by atoms with E-state index in [0.29, 0.717) is 6.61 Å². The molecule has 4 heteroatoms. The maximum atomic E-state index is 10.8. The van der Waals surface area contributed by atoms with Crippen molar-refractivity contribution < 1.29 is 9.53 Å². The highest BCUT2D eigenvalue weighted by molar-refractivity contribution is 5.76. The molecule has 1 amide bonds. The Hall–Kier alpha value is -1.39. The van der Waals surface area contributed by atoms with Gasteiger partial charge in [-0.3, -0.25) is 10.2 Å². The molecule has 0 aliphatic heterocycles. The molecular weight excluding hydrogens is 204 g/mol. The van der Waals surface area contributed by atoms with E-state index in [4.69, 9.17) is 10.6 Å². The number of hydrogen-bond donors (Lipinski definition) is 2. The van der Waals surface area contributed by atoms with Crippen molar-refractivity contribution in [3.63, 3.8) is 0 Å². The van der Waals surface area contributed by atoms with Crippen LogP contribution in [0.25, 0.3) is 0 Å². The third-order valence-corrected chi connectivity index (χ3v) is 2.22. The second-order valence-electron chi connectivity index (χ2n) is 3.63. The number of benzene rings is 1. The average Bonchev–Trinajstić information content (AvgIpc) is 2.31. The molecule has 88 valence electrons. The molecule has 0 bridgehead atoms. The molecule has 1 rings (SSSR count). The Balaban J connectivity index is 2.34. The van der Waals surface area contributed by atoms with E-state index in [9.17, 15) is 4.79 Å². The van der Waals surface area contributed by atoms with Gasteiger partial charge in [0.15, 0.2) is 0 Å². The Kier molecular flexibility index (Phi) is 5.53. The van der Waals surface area contributed by atoms with Crippen molar-refractivity contribution >= 4 is 5.91 Å². The minimum absolute atomic E-state index is 0.00673. The molecule has 4 nitrogen and oxygen atoms in total. The fraction of sp³-hybridized carbons (Fsp3) is 0.417. The Labute approximate surface area is 95.8 Å². The summed E-state index contributed by atoms with van der Waals surface area (Å²) in [7, 11) is 0. The molecule has 1 aromatic carbocycles. The highest BCUT2D eigenvalue weighted by Crippen LogP contribution is 2.07. The van der Waals surface area contributed by atoms with Crippen molar-refractivity contribution in [3.8, 4) is 0 Å². The van der Waals surface area contributed by atoms with E-state index in [1.807, 2.05) is 17.6 Å². The molecule has 0 spiro atoms. The minimum Gasteiger partial charge on any atom is -0.367 e. The summed E-state index contributed by atoms with van der Waals surface area (Å²) in [6.45, 7) is 2.58. The summed E-state index contributed by atoms with van der Waals surface area (Å²) in [6.07, 6.45) is 2.24. The number of amides is 1. The number of nitrogens with two attached hydrogens (primary N) is 1. The molecule has 0 radical (unpaired) electrons. The molecule has 0 saturated carbocycles. The first-order chi connectivity index (χ1) is 7.76. The molecule has 0 fully saturated rings. The van der Waals surface area contributed by atoms with Crippen LogP contribution in [0.5, 0.6) is 0 Å². The maximum absolute atomic E-state index is 10.8. The lowest BCUT2D eigenvalue weighted by Gasteiger charge is -2.04. The van der Waals surface area contributed by atoms with Crippen LogP contribution in [0.15, 0.2) is 24.3 Å². The summed E-state index contributed by atoms with van der Waals surface area (Å²) in [5.74, 6) is 4.61. The number of rotatable bonds is 6. The first kappa shape index (κ1) is 12.7. The Morgan fingerprint density at radius 1 is 1.31 bits per heavy atom. The van der Waals surface area contributed by atoms with Gasteiger partial charge in [-0.25, -0.2) is 5.84 Å². The van der Waals surface area contributed by atoms with Crippen LogP contribution in [0.4, 0.5) is 0 Å².